The normalized spacial score (nSPS) is 22.0. The number of nitrogens with one attached hydrogen (secondary N) is 3. The Morgan fingerprint density at radius 2 is 1.86 bits per heavy atom. The fraction of sp³-hybridized carbons (Fsp3) is 0.308. The van der Waals surface area contributed by atoms with Crippen LogP contribution < -0.4 is 10.6 Å². The molecule has 2 atom stereocenters. The number of carbonyl (C=O) groups excluding carboxylic acids is 2. The van der Waals surface area contributed by atoms with E-state index in [9.17, 15) is 9.59 Å². The maximum absolute atomic E-state index is 12.1. The van der Waals surface area contributed by atoms with E-state index < -0.39 is 12.1 Å². The summed E-state index contributed by atoms with van der Waals surface area (Å²) in [5.41, 5.74) is 0.805. The molecular weight excluding hydrogens is 312 g/mol. The number of carbonyl (C=O) groups is 2. The van der Waals surface area contributed by atoms with Crippen molar-refractivity contribution in [1.29, 1.82) is 0 Å². The number of hydrogen-bond acceptors (Lipinski definition) is 4. The van der Waals surface area contributed by atoms with E-state index >= 15 is 0 Å². The van der Waals surface area contributed by atoms with Crippen LogP contribution in [0.25, 0.3) is 0 Å². The summed E-state index contributed by atoms with van der Waals surface area (Å²) in [7, 11) is 0. The van der Waals surface area contributed by atoms with Crippen molar-refractivity contribution >= 4 is 34.8 Å². The van der Waals surface area contributed by atoms with E-state index in [4.69, 9.17) is 11.6 Å². The van der Waals surface area contributed by atoms with Crippen molar-refractivity contribution in [2.45, 2.75) is 24.9 Å². The number of H-pyrrole nitrogens is 1. The predicted molar refractivity (Wildman–Crippen MR) is 79.2 cm³/mol. The van der Waals surface area contributed by atoms with Gasteiger partial charge in [-0.15, -0.1) is 11.3 Å². The third-order valence-corrected chi connectivity index (χ3v) is 4.53. The molecule has 110 valence electrons. The van der Waals surface area contributed by atoms with Gasteiger partial charge in [0.1, 0.15) is 12.1 Å². The van der Waals surface area contributed by atoms with Crippen LogP contribution in [0, 0.1) is 0 Å². The van der Waals surface area contributed by atoms with E-state index in [0.29, 0.717) is 17.2 Å². The standard InChI is InChI=1S/C13H13ClN4O2S/c14-11-2-1-8(21-11)4-10-13(20)17-9(12(19)18-10)3-7-5-15-6-16-7/h1-2,5-6,9-10H,3-4H2,(H,15,16)(H,17,20)(H,18,19)/t9-,10+/m0/s1. The maximum Gasteiger partial charge on any atom is 0.243 e. The molecule has 0 radical (unpaired) electrons. The van der Waals surface area contributed by atoms with E-state index in [0.717, 1.165) is 10.6 Å². The van der Waals surface area contributed by atoms with E-state index in [1.54, 1.807) is 18.6 Å². The monoisotopic (exact) mass is 324 g/mol. The van der Waals surface area contributed by atoms with Crippen LogP contribution in [0.2, 0.25) is 4.34 Å². The molecule has 3 N–H and O–H groups in total. The van der Waals surface area contributed by atoms with Crippen molar-refractivity contribution in [3.63, 3.8) is 0 Å². The molecule has 6 nitrogen and oxygen atoms in total. The Kier molecular flexibility index (Phi) is 3.94. The van der Waals surface area contributed by atoms with Gasteiger partial charge in [-0.3, -0.25) is 9.59 Å². The van der Waals surface area contributed by atoms with Crippen LogP contribution in [0.4, 0.5) is 0 Å². The molecule has 1 aliphatic heterocycles. The molecule has 3 heterocycles. The van der Waals surface area contributed by atoms with Crippen molar-refractivity contribution in [2.75, 3.05) is 0 Å². The van der Waals surface area contributed by atoms with Crippen molar-refractivity contribution in [3.05, 3.63) is 39.6 Å². The summed E-state index contributed by atoms with van der Waals surface area (Å²) in [6, 6.07) is 2.53. The summed E-state index contributed by atoms with van der Waals surface area (Å²) in [6.07, 6.45) is 4.03. The molecule has 0 aliphatic carbocycles. The Hall–Kier alpha value is -1.86. The maximum atomic E-state index is 12.1. The SMILES string of the molecule is O=C1N[C@H](Cc2ccc(Cl)s2)C(=O)N[C@H]1Cc1cnc[nH]1. The molecule has 2 aromatic rings. The number of hydrogen-bond donors (Lipinski definition) is 3. The summed E-state index contributed by atoms with van der Waals surface area (Å²) in [4.78, 5) is 32.0. The first-order valence-corrected chi connectivity index (χ1v) is 7.63. The van der Waals surface area contributed by atoms with E-state index in [1.807, 2.05) is 6.07 Å². The fourth-order valence-corrected chi connectivity index (χ4v) is 3.37. The molecule has 3 rings (SSSR count). The lowest BCUT2D eigenvalue weighted by molar-refractivity contribution is -0.136. The topological polar surface area (TPSA) is 86.9 Å². The summed E-state index contributed by atoms with van der Waals surface area (Å²) in [5, 5.41) is 5.52. The van der Waals surface area contributed by atoms with Gasteiger partial charge >= 0.3 is 0 Å². The lowest BCUT2D eigenvalue weighted by Crippen LogP contribution is -2.62. The first-order valence-electron chi connectivity index (χ1n) is 6.44. The number of rotatable bonds is 4. The van der Waals surface area contributed by atoms with Crippen LogP contribution in [0.5, 0.6) is 0 Å². The van der Waals surface area contributed by atoms with Gasteiger partial charge in [0.05, 0.1) is 10.7 Å². The number of aromatic nitrogens is 2. The number of halogens is 1. The first-order chi connectivity index (χ1) is 10.1. The van der Waals surface area contributed by atoms with Gasteiger partial charge in [0.2, 0.25) is 11.8 Å². The van der Waals surface area contributed by atoms with Gasteiger partial charge in [0.25, 0.3) is 0 Å². The average Bonchev–Trinajstić information content (AvgIpc) is 3.07. The van der Waals surface area contributed by atoms with Gasteiger partial charge < -0.3 is 15.6 Å². The van der Waals surface area contributed by atoms with Crippen molar-refractivity contribution < 1.29 is 9.59 Å². The smallest absolute Gasteiger partial charge is 0.243 e. The lowest BCUT2D eigenvalue weighted by atomic mass is 10.0. The second-order valence-corrected chi connectivity index (χ2v) is 6.61. The zero-order chi connectivity index (χ0) is 14.8. The molecule has 0 aromatic carbocycles. The minimum absolute atomic E-state index is 0.177. The molecule has 1 aliphatic rings. The first kappa shape index (κ1) is 14.1. The Morgan fingerprint density at radius 3 is 2.43 bits per heavy atom. The van der Waals surface area contributed by atoms with Crippen LogP contribution in [0.15, 0.2) is 24.7 Å². The van der Waals surface area contributed by atoms with Crippen molar-refractivity contribution in [2.24, 2.45) is 0 Å². The van der Waals surface area contributed by atoms with Gasteiger partial charge in [-0.1, -0.05) is 11.6 Å². The van der Waals surface area contributed by atoms with Gasteiger partial charge in [-0.2, -0.15) is 0 Å². The summed E-state index contributed by atoms with van der Waals surface area (Å²) >= 11 is 7.28. The van der Waals surface area contributed by atoms with Crippen LogP contribution in [-0.2, 0) is 22.4 Å². The van der Waals surface area contributed by atoms with Crippen molar-refractivity contribution in [3.8, 4) is 0 Å². The highest BCUT2D eigenvalue weighted by Gasteiger charge is 2.34. The van der Waals surface area contributed by atoms with Gasteiger partial charge in [-0.25, -0.2) is 4.98 Å². The Balaban J connectivity index is 1.63. The predicted octanol–water partition coefficient (Wildman–Crippen LogP) is 0.893. The highest BCUT2D eigenvalue weighted by atomic mass is 35.5. The molecule has 0 spiro atoms. The third kappa shape index (κ3) is 3.25. The quantitative estimate of drug-likeness (QED) is 0.780. The molecule has 21 heavy (non-hydrogen) atoms. The third-order valence-electron chi connectivity index (χ3n) is 3.28. The molecule has 0 saturated carbocycles. The van der Waals surface area contributed by atoms with E-state index in [1.165, 1.54) is 11.3 Å². The number of amides is 2. The summed E-state index contributed by atoms with van der Waals surface area (Å²) in [6.45, 7) is 0. The molecule has 8 heteroatoms. The molecule has 2 aromatic heterocycles. The van der Waals surface area contributed by atoms with Crippen molar-refractivity contribution in [1.82, 2.24) is 20.6 Å². The Bertz CT molecular complexity index is 655. The molecule has 1 fully saturated rings. The zero-order valence-electron chi connectivity index (χ0n) is 10.9. The highest BCUT2D eigenvalue weighted by Crippen LogP contribution is 2.23. The minimum Gasteiger partial charge on any atom is -0.348 e. The van der Waals surface area contributed by atoms with Gasteiger partial charge in [0.15, 0.2) is 0 Å². The number of piperazine rings is 1. The second kappa shape index (κ2) is 5.87. The summed E-state index contributed by atoms with van der Waals surface area (Å²) in [5.74, 6) is -0.361. The molecule has 0 bridgehead atoms. The van der Waals surface area contributed by atoms with Crippen LogP contribution >= 0.6 is 22.9 Å². The van der Waals surface area contributed by atoms with Gasteiger partial charge in [0, 0.05) is 29.6 Å². The van der Waals surface area contributed by atoms with Crippen LogP contribution in [0.1, 0.15) is 10.6 Å². The zero-order valence-corrected chi connectivity index (χ0v) is 12.5. The fourth-order valence-electron chi connectivity index (χ4n) is 2.24. The number of imidazole rings is 1. The largest absolute Gasteiger partial charge is 0.348 e. The molecule has 0 unspecified atom stereocenters. The van der Waals surface area contributed by atoms with Gasteiger partial charge in [-0.05, 0) is 12.1 Å². The molecular formula is C13H13ClN4O2S. The number of thiophene rings is 1. The van der Waals surface area contributed by atoms with E-state index in [2.05, 4.69) is 20.6 Å². The minimum atomic E-state index is -0.568. The molecule has 2 amide bonds. The average molecular weight is 325 g/mol. The van der Waals surface area contributed by atoms with Crippen LogP contribution in [0.3, 0.4) is 0 Å². The Morgan fingerprint density at radius 1 is 1.14 bits per heavy atom. The number of nitrogens with zero attached hydrogens (tertiary/aromatic N) is 1. The molecule has 1 saturated heterocycles. The highest BCUT2D eigenvalue weighted by molar-refractivity contribution is 7.16. The summed E-state index contributed by atoms with van der Waals surface area (Å²) < 4.78 is 0.671. The Labute approximate surface area is 129 Å². The van der Waals surface area contributed by atoms with E-state index in [-0.39, 0.29) is 11.8 Å². The number of aromatic amines is 1. The van der Waals surface area contributed by atoms with Crippen LogP contribution in [-0.4, -0.2) is 33.9 Å². The lowest BCUT2D eigenvalue weighted by Gasteiger charge is -2.29. The second-order valence-electron chi connectivity index (χ2n) is 4.81.